The highest BCUT2D eigenvalue weighted by Crippen LogP contribution is 2.41. The van der Waals surface area contributed by atoms with Gasteiger partial charge in [0.15, 0.2) is 5.82 Å². The highest BCUT2D eigenvalue weighted by atomic mass is 19.1. The van der Waals surface area contributed by atoms with Gasteiger partial charge in [0.1, 0.15) is 17.0 Å². The molecule has 6 rings (SSSR count). The number of furan rings is 1. The minimum atomic E-state index is -0.667. The molecule has 0 aliphatic carbocycles. The summed E-state index contributed by atoms with van der Waals surface area (Å²) >= 11 is 0. The molecule has 10 nitrogen and oxygen atoms in total. The van der Waals surface area contributed by atoms with Crippen molar-refractivity contribution in [1.82, 2.24) is 19.9 Å². The molecule has 2 aliphatic heterocycles. The number of anilines is 5. The summed E-state index contributed by atoms with van der Waals surface area (Å²) in [6, 6.07) is 4.91. The van der Waals surface area contributed by atoms with Gasteiger partial charge in [-0.15, -0.1) is 0 Å². The summed E-state index contributed by atoms with van der Waals surface area (Å²) in [5.74, 6) is -0.113. The standard InChI is InChI=1S/C23H24F2N8O2/c1-10(2)33-11(3)27-20-14(24)4-12(5-17(20)33)19-15(25)7-26-22(29-19)31-23-28-16-6-18(35-21(16)30-23)32-8-13(34)9-32/h4-7,10-11,13,27,34H,8-9H2,1-3H3,(H2,26,28,29,30,31). The number of H-pyrrole nitrogens is 1. The van der Waals surface area contributed by atoms with Crippen LogP contribution in [-0.2, 0) is 0 Å². The van der Waals surface area contributed by atoms with Crippen LogP contribution in [0, 0.1) is 11.6 Å². The van der Waals surface area contributed by atoms with Crippen LogP contribution < -0.4 is 20.4 Å². The summed E-state index contributed by atoms with van der Waals surface area (Å²) in [5, 5.41) is 15.5. The van der Waals surface area contributed by atoms with Gasteiger partial charge < -0.3 is 29.6 Å². The molecule has 1 aromatic carbocycles. The molecule has 1 fully saturated rings. The second-order valence-electron chi connectivity index (χ2n) is 9.14. The maximum atomic E-state index is 14.9. The molecule has 0 saturated carbocycles. The van der Waals surface area contributed by atoms with Gasteiger partial charge in [-0.1, -0.05) is 0 Å². The van der Waals surface area contributed by atoms with Crippen molar-refractivity contribution in [1.29, 1.82) is 0 Å². The fraction of sp³-hybridized carbons (Fsp3) is 0.348. The molecule has 0 amide bonds. The number of benzene rings is 1. The average molecular weight is 482 g/mol. The first-order valence-electron chi connectivity index (χ1n) is 11.4. The number of rotatable bonds is 5. The van der Waals surface area contributed by atoms with Crippen LogP contribution in [0.4, 0.5) is 37.9 Å². The maximum absolute atomic E-state index is 14.9. The number of aromatic nitrogens is 4. The molecule has 5 heterocycles. The molecule has 0 bridgehead atoms. The topological polar surface area (TPSA) is 118 Å². The van der Waals surface area contributed by atoms with E-state index in [9.17, 15) is 13.9 Å². The molecule has 0 spiro atoms. The predicted octanol–water partition coefficient (Wildman–Crippen LogP) is 3.80. The lowest BCUT2D eigenvalue weighted by Gasteiger charge is -2.35. The molecule has 12 heteroatoms. The maximum Gasteiger partial charge on any atom is 0.248 e. The number of hydrogen-bond acceptors (Lipinski definition) is 9. The Bertz CT molecular complexity index is 1400. The van der Waals surface area contributed by atoms with Crippen LogP contribution in [0.2, 0.25) is 0 Å². The van der Waals surface area contributed by atoms with Crippen LogP contribution in [-0.4, -0.2) is 56.4 Å². The number of aromatic amines is 1. The molecular formula is C23H24F2N8O2. The van der Waals surface area contributed by atoms with Gasteiger partial charge in [0.25, 0.3) is 0 Å². The normalized spacial score (nSPS) is 17.7. The van der Waals surface area contributed by atoms with Crippen LogP contribution >= 0.6 is 0 Å². The first-order valence-corrected chi connectivity index (χ1v) is 11.4. The quantitative estimate of drug-likeness (QED) is 0.337. The Balaban J connectivity index is 1.29. The fourth-order valence-corrected chi connectivity index (χ4v) is 4.67. The Labute approximate surface area is 199 Å². The number of nitrogens with one attached hydrogen (secondary N) is 3. The first kappa shape index (κ1) is 21.6. The fourth-order valence-electron chi connectivity index (χ4n) is 4.67. The largest absolute Gasteiger partial charge is 0.420 e. The number of aliphatic hydroxyl groups excluding tert-OH is 1. The van der Waals surface area contributed by atoms with Gasteiger partial charge in [0.2, 0.25) is 23.5 Å². The predicted molar refractivity (Wildman–Crippen MR) is 128 cm³/mol. The first-order chi connectivity index (χ1) is 16.8. The third kappa shape index (κ3) is 3.60. The van der Waals surface area contributed by atoms with Crippen molar-refractivity contribution in [3.8, 4) is 11.3 Å². The Morgan fingerprint density at radius 3 is 2.69 bits per heavy atom. The molecule has 0 radical (unpaired) electrons. The lowest BCUT2D eigenvalue weighted by molar-refractivity contribution is 0.138. The van der Waals surface area contributed by atoms with E-state index >= 15 is 0 Å². The number of halogens is 2. The second-order valence-corrected chi connectivity index (χ2v) is 9.14. The third-order valence-corrected chi connectivity index (χ3v) is 6.26. The zero-order valence-electron chi connectivity index (χ0n) is 19.3. The van der Waals surface area contributed by atoms with Crippen molar-refractivity contribution >= 4 is 40.4 Å². The zero-order valence-corrected chi connectivity index (χ0v) is 19.3. The van der Waals surface area contributed by atoms with Crippen molar-refractivity contribution in [2.45, 2.75) is 39.1 Å². The Kier molecular flexibility index (Phi) is 4.81. The van der Waals surface area contributed by atoms with Gasteiger partial charge in [0, 0.05) is 30.8 Å². The van der Waals surface area contributed by atoms with Crippen molar-refractivity contribution in [3.05, 3.63) is 36.0 Å². The Morgan fingerprint density at radius 1 is 1.17 bits per heavy atom. The number of hydrogen-bond donors (Lipinski definition) is 4. The molecular weight excluding hydrogens is 458 g/mol. The van der Waals surface area contributed by atoms with Crippen LogP contribution in [0.1, 0.15) is 20.8 Å². The summed E-state index contributed by atoms with van der Waals surface area (Å²) < 4.78 is 35.4. The van der Waals surface area contributed by atoms with Crippen LogP contribution in [0.5, 0.6) is 0 Å². The van der Waals surface area contributed by atoms with E-state index in [0.29, 0.717) is 53.1 Å². The Morgan fingerprint density at radius 2 is 1.97 bits per heavy atom. The minimum absolute atomic E-state index is 0.0265. The van der Waals surface area contributed by atoms with Crippen molar-refractivity contribution < 1.29 is 18.3 Å². The second kappa shape index (κ2) is 7.80. The summed E-state index contributed by atoms with van der Waals surface area (Å²) in [6.45, 7) is 7.00. The summed E-state index contributed by atoms with van der Waals surface area (Å²) in [4.78, 5) is 19.6. The number of imidazole rings is 1. The van der Waals surface area contributed by atoms with Gasteiger partial charge in [0.05, 0.1) is 29.8 Å². The van der Waals surface area contributed by atoms with E-state index in [1.54, 1.807) is 12.1 Å². The molecule has 4 aromatic rings. The molecule has 1 saturated heterocycles. The smallest absolute Gasteiger partial charge is 0.248 e. The summed E-state index contributed by atoms with van der Waals surface area (Å²) in [7, 11) is 0. The van der Waals surface area contributed by atoms with Crippen molar-refractivity contribution in [3.63, 3.8) is 0 Å². The lowest BCUT2D eigenvalue weighted by atomic mass is 10.1. The van der Waals surface area contributed by atoms with Crippen LogP contribution in [0.25, 0.3) is 22.5 Å². The van der Waals surface area contributed by atoms with E-state index in [1.807, 2.05) is 30.6 Å². The monoisotopic (exact) mass is 482 g/mol. The minimum Gasteiger partial charge on any atom is -0.420 e. The molecule has 35 heavy (non-hydrogen) atoms. The summed E-state index contributed by atoms with van der Waals surface area (Å²) in [6.07, 6.45) is 0.601. The lowest BCUT2D eigenvalue weighted by Crippen LogP contribution is -2.50. The number of β-amino-alcohol motifs (C(OH)–C–C–N with tert-alkyl or cyclic N) is 1. The zero-order chi connectivity index (χ0) is 24.4. The highest BCUT2D eigenvalue weighted by Gasteiger charge is 2.31. The number of fused-ring (bicyclic) bond motifs is 2. The third-order valence-electron chi connectivity index (χ3n) is 6.26. The molecule has 4 N–H and O–H groups in total. The molecule has 2 aliphatic rings. The van der Waals surface area contributed by atoms with Crippen LogP contribution in [0.15, 0.2) is 28.8 Å². The van der Waals surface area contributed by atoms with E-state index in [-0.39, 0.29) is 30.0 Å². The van der Waals surface area contributed by atoms with Gasteiger partial charge in [-0.25, -0.2) is 18.7 Å². The summed E-state index contributed by atoms with van der Waals surface area (Å²) in [5.41, 5.74) is 2.37. The molecule has 3 aromatic heterocycles. The average Bonchev–Trinajstić information content (AvgIpc) is 3.43. The van der Waals surface area contributed by atoms with E-state index < -0.39 is 11.6 Å². The SMILES string of the molecule is CC(C)N1c2cc(-c3nc(Nc4nc5oc(N6CC(O)C6)cc5[nH]4)ncc3F)cc(F)c2NC1C. The van der Waals surface area contributed by atoms with Crippen molar-refractivity contribution in [2.75, 3.05) is 33.5 Å². The van der Waals surface area contributed by atoms with Gasteiger partial charge in [-0.2, -0.15) is 4.98 Å². The van der Waals surface area contributed by atoms with Gasteiger partial charge >= 0.3 is 0 Å². The van der Waals surface area contributed by atoms with E-state index in [4.69, 9.17) is 4.42 Å². The molecule has 1 unspecified atom stereocenters. The highest BCUT2D eigenvalue weighted by molar-refractivity contribution is 5.82. The molecule has 1 atom stereocenters. The molecule has 182 valence electrons. The number of nitrogens with zero attached hydrogens (tertiary/aromatic N) is 5. The van der Waals surface area contributed by atoms with Crippen LogP contribution in [0.3, 0.4) is 0 Å². The van der Waals surface area contributed by atoms with Gasteiger partial charge in [-0.3, -0.25) is 5.32 Å². The van der Waals surface area contributed by atoms with Crippen molar-refractivity contribution in [2.24, 2.45) is 0 Å². The Hall–Kier alpha value is -3.93. The van der Waals surface area contributed by atoms with E-state index in [2.05, 4.69) is 30.6 Å². The van der Waals surface area contributed by atoms with E-state index in [1.165, 1.54) is 6.07 Å². The number of aliphatic hydroxyl groups is 1. The van der Waals surface area contributed by atoms with E-state index in [0.717, 1.165) is 6.20 Å². The van der Waals surface area contributed by atoms with Gasteiger partial charge in [-0.05, 0) is 32.9 Å².